The Bertz CT molecular complexity index is 844. The van der Waals surface area contributed by atoms with Gasteiger partial charge in [-0.25, -0.2) is 0 Å². The van der Waals surface area contributed by atoms with Crippen LogP contribution >= 0.6 is 0 Å². The molecule has 7 fully saturated rings. The van der Waals surface area contributed by atoms with Gasteiger partial charge in [0.05, 0.1) is 37.1 Å². The Kier molecular flexibility index (Phi) is 4.46. The van der Waals surface area contributed by atoms with Crippen LogP contribution in [0, 0.1) is 34.5 Å². The molecule has 8 nitrogen and oxygen atoms in total. The van der Waals surface area contributed by atoms with Crippen LogP contribution in [-0.4, -0.2) is 105 Å². The summed E-state index contributed by atoms with van der Waals surface area (Å²) >= 11 is 0. The lowest BCUT2D eigenvalue weighted by atomic mass is 9.42. The van der Waals surface area contributed by atoms with Gasteiger partial charge in [0.2, 0.25) is 0 Å². The summed E-state index contributed by atoms with van der Waals surface area (Å²) in [6.07, 6.45) is 1.98. The minimum atomic E-state index is -0.904. The summed E-state index contributed by atoms with van der Waals surface area (Å²) in [6, 6.07) is -0.0180. The van der Waals surface area contributed by atoms with Crippen LogP contribution in [0.2, 0.25) is 0 Å². The van der Waals surface area contributed by atoms with Gasteiger partial charge in [0.15, 0.2) is 0 Å². The van der Waals surface area contributed by atoms with Gasteiger partial charge in [-0.3, -0.25) is 4.90 Å². The third kappa shape index (κ3) is 1.98. The molecule has 0 radical (unpaired) electrons. The molecule has 33 heavy (non-hydrogen) atoms. The Labute approximate surface area is 195 Å². The van der Waals surface area contributed by atoms with Crippen LogP contribution in [0.1, 0.15) is 32.6 Å². The largest absolute Gasteiger partial charge is 0.393 e. The summed E-state index contributed by atoms with van der Waals surface area (Å²) in [5.41, 5.74) is -2.12. The molecule has 0 amide bonds. The minimum absolute atomic E-state index is 0.000904. The fourth-order valence-electron chi connectivity index (χ4n) is 11.5. The maximum Gasteiger partial charge on any atom is 0.148 e. The summed E-state index contributed by atoms with van der Waals surface area (Å²) in [5.74, 6) is 0.373. The Morgan fingerprint density at radius 2 is 1.94 bits per heavy atom. The highest BCUT2D eigenvalue weighted by atomic mass is 16.7. The van der Waals surface area contributed by atoms with Crippen molar-refractivity contribution in [3.05, 3.63) is 0 Å². The number of piperidine rings is 1. The van der Waals surface area contributed by atoms with Crippen LogP contribution in [-0.2, 0) is 23.7 Å². The first-order chi connectivity index (χ1) is 15.9. The zero-order chi connectivity index (χ0) is 23.0. The minimum Gasteiger partial charge on any atom is -0.393 e. The van der Waals surface area contributed by atoms with Gasteiger partial charge in [-0.2, -0.15) is 0 Å². The molecule has 8 heteroatoms. The number of methoxy groups -OCH3 is 3. The van der Waals surface area contributed by atoms with Crippen molar-refractivity contribution in [1.29, 1.82) is 0 Å². The van der Waals surface area contributed by atoms with Crippen LogP contribution < -0.4 is 0 Å². The second-order valence-corrected chi connectivity index (χ2v) is 12.0. The van der Waals surface area contributed by atoms with E-state index in [0.717, 1.165) is 32.4 Å². The Morgan fingerprint density at radius 1 is 1.12 bits per heavy atom. The van der Waals surface area contributed by atoms with Crippen LogP contribution in [0.15, 0.2) is 0 Å². The second kappa shape index (κ2) is 6.71. The average molecular weight is 466 g/mol. The molecule has 2 N–H and O–H groups in total. The van der Waals surface area contributed by atoms with Gasteiger partial charge < -0.3 is 33.9 Å². The van der Waals surface area contributed by atoms with E-state index in [1.807, 2.05) is 7.11 Å². The van der Waals surface area contributed by atoms with Gasteiger partial charge in [0, 0.05) is 62.9 Å². The molecule has 7 bridgehead atoms. The molecule has 7 rings (SSSR count). The van der Waals surface area contributed by atoms with E-state index in [1.54, 1.807) is 14.2 Å². The van der Waals surface area contributed by atoms with Crippen molar-refractivity contribution in [3.8, 4) is 0 Å². The third-order valence-electron chi connectivity index (χ3n) is 11.8. The topological polar surface area (TPSA) is 89.9 Å². The van der Waals surface area contributed by atoms with Crippen LogP contribution in [0.3, 0.4) is 0 Å². The van der Waals surface area contributed by atoms with Crippen LogP contribution in [0.25, 0.3) is 0 Å². The number of fused-ring (bicyclic) bond motifs is 1. The predicted molar refractivity (Wildman–Crippen MR) is 116 cm³/mol. The van der Waals surface area contributed by atoms with E-state index in [1.165, 1.54) is 0 Å². The highest BCUT2D eigenvalue weighted by Crippen LogP contribution is 2.82. The number of ether oxygens (including phenoxy) is 5. The highest BCUT2D eigenvalue weighted by molar-refractivity contribution is 5.42. The quantitative estimate of drug-likeness (QED) is 0.612. The van der Waals surface area contributed by atoms with Gasteiger partial charge >= 0.3 is 0 Å². The number of rotatable bonds is 5. The SMILES string of the molecule is CCN1C[C@]2(COC)CC[C@H](OC)[C@@]34[C@@H]5C[C@H]6[C@H](OC)[C@@H]5[C@@]5(C[C@@H]6O)OCO[C@]5([C@@H](O)[C@H]23)[C@@H]14. The number of likely N-dealkylation sites (tertiary alicyclic amines) is 1. The smallest absolute Gasteiger partial charge is 0.148 e. The Morgan fingerprint density at radius 3 is 2.64 bits per heavy atom. The van der Waals surface area contributed by atoms with Gasteiger partial charge in [-0.15, -0.1) is 0 Å². The normalized spacial score (nSPS) is 62.5. The summed E-state index contributed by atoms with van der Waals surface area (Å²) in [6.45, 7) is 4.74. The molecule has 0 aromatic rings. The van der Waals surface area contributed by atoms with E-state index in [2.05, 4.69) is 11.8 Å². The van der Waals surface area contributed by atoms with Crippen molar-refractivity contribution in [2.75, 3.05) is 47.8 Å². The van der Waals surface area contributed by atoms with Crippen molar-refractivity contribution in [2.24, 2.45) is 34.5 Å². The average Bonchev–Trinajstić information content (AvgIpc) is 3.39. The monoisotopic (exact) mass is 465 g/mol. The van der Waals surface area contributed by atoms with E-state index < -0.39 is 23.4 Å². The number of nitrogens with zero attached hydrogens (tertiary/aromatic N) is 1. The van der Waals surface area contributed by atoms with E-state index in [-0.39, 0.29) is 59.5 Å². The number of aliphatic hydroxyl groups excluding tert-OH is 2. The maximum absolute atomic E-state index is 12.5. The molecule has 186 valence electrons. The molecule has 2 saturated heterocycles. The van der Waals surface area contributed by atoms with Crippen LogP contribution in [0.4, 0.5) is 0 Å². The maximum atomic E-state index is 12.5. The zero-order valence-corrected chi connectivity index (χ0v) is 20.2. The fourth-order valence-corrected chi connectivity index (χ4v) is 11.5. The van der Waals surface area contributed by atoms with Crippen molar-refractivity contribution < 1.29 is 33.9 Å². The predicted octanol–water partition coefficient (Wildman–Crippen LogP) is 0.637. The number of hydrogen-bond donors (Lipinski definition) is 2. The molecule has 5 saturated carbocycles. The molecule has 0 aromatic heterocycles. The van der Waals surface area contributed by atoms with Gasteiger partial charge in [-0.1, -0.05) is 6.92 Å². The molecule has 2 heterocycles. The first kappa shape index (κ1) is 21.9. The summed E-state index contributed by atoms with van der Waals surface area (Å²) in [5, 5.41) is 23.9. The van der Waals surface area contributed by atoms with Gasteiger partial charge in [0.25, 0.3) is 0 Å². The zero-order valence-electron chi connectivity index (χ0n) is 20.2. The molecular weight excluding hydrogens is 426 g/mol. The first-order valence-electron chi connectivity index (χ1n) is 12.9. The van der Waals surface area contributed by atoms with Crippen LogP contribution in [0.5, 0.6) is 0 Å². The lowest BCUT2D eigenvalue weighted by Crippen LogP contribution is -2.81. The Balaban J connectivity index is 1.56. The molecule has 7 aliphatic rings. The highest BCUT2D eigenvalue weighted by Gasteiger charge is 2.93. The first-order valence-corrected chi connectivity index (χ1v) is 12.9. The van der Waals surface area contributed by atoms with E-state index in [4.69, 9.17) is 23.7 Å². The number of hydrogen-bond acceptors (Lipinski definition) is 8. The lowest BCUT2D eigenvalue weighted by molar-refractivity contribution is -0.286. The molecule has 0 unspecified atom stereocenters. The second-order valence-electron chi connectivity index (χ2n) is 12.0. The van der Waals surface area contributed by atoms with E-state index in [0.29, 0.717) is 13.0 Å². The number of aliphatic hydroxyl groups is 2. The molecule has 0 aromatic carbocycles. The van der Waals surface area contributed by atoms with Gasteiger partial charge in [0.1, 0.15) is 18.0 Å². The van der Waals surface area contributed by atoms with Crippen molar-refractivity contribution in [3.63, 3.8) is 0 Å². The number of likely N-dealkylation sites (N-methyl/N-ethyl adjacent to an activating group) is 1. The van der Waals surface area contributed by atoms with Crippen molar-refractivity contribution in [2.45, 2.75) is 74.3 Å². The summed E-state index contributed by atoms with van der Waals surface area (Å²) in [7, 11) is 5.39. The molecular formula is C25H39NO7. The summed E-state index contributed by atoms with van der Waals surface area (Å²) in [4.78, 5) is 2.56. The molecule has 3 spiro atoms. The summed E-state index contributed by atoms with van der Waals surface area (Å²) < 4.78 is 31.7. The lowest BCUT2D eigenvalue weighted by Gasteiger charge is -2.70. The van der Waals surface area contributed by atoms with E-state index >= 15 is 0 Å². The van der Waals surface area contributed by atoms with E-state index in [9.17, 15) is 10.2 Å². The standard InChI is InChI=1S/C25H39NO7/c1-5-26-10-22(11-29-2)7-6-16(30-3)24-14-8-13-15(27)9-23(17(14)18(13)31-4)25(21(24)26,33-12-32-23)20(28)19(22)24/h13-21,27-28H,5-12H2,1-4H3/t13-,14-,15+,16+,17-,18+,19-,20+,21+,22+,23-,24+,25-/m1/s1. The van der Waals surface area contributed by atoms with Gasteiger partial charge in [-0.05, 0) is 31.7 Å². The molecule has 2 aliphatic heterocycles. The molecule has 5 aliphatic carbocycles. The third-order valence-corrected chi connectivity index (χ3v) is 11.8. The van der Waals surface area contributed by atoms with Crippen molar-refractivity contribution in [1.82, 2.24) is 4.90 Å². The van der Waals surface area contributed by atoms with Crippen molar-refractivity contribution >= 4 is 0 Å². The molecule has 13 atom stereocenters. The fraction of sp³-hybridized carbons (Fsp3) is 1.00. The Hall–Kier alpha value is -0.320.